The molecule has 0 bridgehead atoms. The first-order chi connectivity index (χ1) is 11.0. The Labute approximate surface area is 139 Å². The number of ether oxygens (including phenoxy) is 1. The highest BCUT2D eigenvalue weighted by Gasteiger charge is 2.44. The zero-order valence-electron chi connectivity index (χ0n) is 12.5. The van der Waals surface area contributed by atoms with Crippen molar-refractivity contribution in [2.75, 3.05) is 7.11 Å². The predicted octanol–water partition coefficient (Wildman–Crippen LogP) is 2.23. The van der Waals surface area contributed by atoms with Crippen molar-refractivity contribution in [1.29, 1.82) is 0 Å². The normalized spacial score (nSPS) is 20.1. The van der Waals surface area contributed by atoms with Crippen molar-refractivity contribution in [2.45, 2.75) is 12.0 Å². The van der Waals surface area contributed by atoms with Crippen molar-refractivity contribution >= 4 is 23.5 Å². The summed E-state index contributed by atoms with van der Waals surface area (Å²) in [5.74, 6) is 0.639. The zero-order chi connectivity index (χ0) is 16.4. The smallest absolute Gasteiger partial charge is 0.259 e. The minimum atomic E-state index is -1.08. The maximum Gasteiger partial charge on any atom is 0.259 e. The van der Waals surface area contributed by atoms with Crippen LogP contribution in [0.2, 0.25) is 5.02 Å². The number of carbonyl (C=O) groups excluding carboxylic acids is 1. The number of nitrogens with two attached hydrogens (primary N) is 1. The maximum absolute atomic E-state index is 12.6. The number of benzene rings is 2. The van der Waals surface area contributed by atoms with Crippen LogP contribution in [0.5, 0.6) is 5.75 Å². The summed E-state index contributed by atoms with van der Waals surface area (Å²) in [7, 11) is 1.61. The van der Waals surface area contributed by atoms with Gasteiger partial charge in [0, 0.05) is 11.4 Å². The fourth-order valence-electron chi connectivity index (χ4n) is 2.69. The Balaban J connectivity index is 2.02. The van der Waals surface area contributed by atoms with Crippen LogP contribution in [-0.2, 0) is 16.8 Å². The lowest BCUT2D eigenvalue weighted by atomic mass is 9.84. The number of hydrogen-bond acceptors (Lipinski definition) is 4. The molecule has 3 N–H and O–H groups in total. The van der Waals surface area contributed by atoms with Crippen molar-refractivity contribution in [3.05, 3.63) is 64.7 Å². The molecule has 1 aliphatic rings. The Bertz CT molecular complexity index is 756. The number of hydrogen-bond donors (Lipinski definition) is 2. The molecule has 6 heteroatoms. The summed E-state index contributed by atoms with van der Waals surface area (Å²) in [4.78, 5) is 17.0. The van der Waals surface area contributed by atoms with E-state index in [0.29, 0.717) is 11.4 Å². The molecule has 1 amide bonds. The molecule has 0 saturated carbocycles. The third kappa shape index (κ3) is 2.87. The lowest BCUT2D eigenvalue weighted by molar-refractivity contribution is -0.124. The molecule has 1 heterocycles. The number of carbonyl (C=O) groups is 1. The van der Waals surface area contributed by atoms with Crippen LogP contribution in [0.1, 0.15) is 11.1 Å². The number of methoxy groups -OCH3 is 1. The minimum absolute atomic E-state index is 0.124. The van der Waals surface area contributed by atoms with Gasteiger partial charge in [0.05, 0.1) is 7.11 Å². The van der Waals surface area contributed by atoms with E-state index in [9.17, 15) is 4.79 Å². The fraction of sp³-hybridized carbons (Fsp3) is 0.176. The molecule has 0 saturated heterocycles. The highest BCUT2D eigenvalue weighted by molar-refractivity contribution is 6.30. The van der Waals surface area contributed by atoms with E-state index >= 15 is 0 Å². The second-order valence-electron chi connectivity index (χ2n) is 5.34. The number of guanidine groups is 1. The average Bonchev–Trinajstić information content (AvgIpc) is 2.83. The van der Waals surface area contributed by atoms with Crippen LogP contribution in [0.3, 0.4) is 0 Å². The summed E-state index contributed by atoms with van der Waals surface area (Å²) in [5.41, 5.74) is 6.36. The number of nitrogens with zero attached hydrogens (tertiary/aromatic N) is 1. The van der Waals surface area contributed by atoms with Gasteiger partial charge >= 0.3 is 0 Å². The fourth-order valence-corrected chi connectivity index (χ4v) is 2.81. The molecule has 1 atom stereocenters. The van der Waals surface area contributed by atoms with E-state index in [4.69, 9.17) is 22.1 Å². The molecule has 0 aliphatic carbocycles. The number of nitrogens with one attached hydrogen (secondary N) is 1. The van der Waals surface area contributed by atoms with Gasteiger partial charge in [-0.25, -0.2) is 4.99 Å². The van der Waals surface area contributed by atoms with E-state index in [1.807, 2.05) is 24.3 Å². The molecule has 5 nitrogen and oxygen atoms in total. The largest absolute Gasteiger partial charge is 0.497 e. The Morgan fingerprint density at radius 2 is 1.83 bits per heavy atom. The Morgan fingerprint density at radius 1 is 1.17 bits per heavy atom. The summed E-state index contributed by atoms with van der Waals surface area (Å²) in [5, 5.41) is 3.20. The van der Waals surface area contributed by atoms with E-state index < -0.39 is 5.54 Å². The van der Waals surface area contributed by atoms with Crippen LogP contribution in [-0.4, -0.2) is 19.0 Å². The Hall–Kier alpha value is -2.53. The number of rotatable bonds is 4. The molecule has 2 aromatic rings. The zero-order valence-corrected chi connectivity index (χ0v) is 13.3. The summed E-state index contributed by atoms with van der Waals surface area (Å²) >= 11 is 5.95. The van der Waals surface area contributed by atoms with Gasteiger partial charge in [-0.05, 0) is 35.4 Å². The van der Waals surface area contributed by atoms with Gasteiger partial charge in [-0.1, -0.05) is 35.9 Å². The van der Waals surface area contributed by atoms with Crippen LogP contribution in [0.25, 0.3) is 0 Å². The van der Waals surface area contributed by atoms with E-state index in [2.05, 4.69) is 10.3 Å². The van der Waals surface area contributed by atoms with E-state index in [0.717, 1.165) is 16.9 Å². The van der Waals surface area contributed by atoms with Crippen molar-refractivity contribution in [2.24, 2.45) is 10.7 Å². The molecule has 118 valence electrons. The number of amides is 1. The third-order valence-corrected chi connectivity index (χ3v) is 4.12. The van der Waals surface area contributed by atoms with Crippen LogP contribution < -0.4 is 15.8 Å². The first-order valence-electron chi connectivity index (χ1n) is 7.09. The molecular formula is C17H16ClN3O2. The number of aliphatic imine (C=N–C) groups is 1. The molecule has 0 spiro atoms. The number of halogens is 1. The van der Waals surface area contributed by atoms with Crippen molar-refractivity contribution < 1.29 is 9.53 Å². The van der Waals surface area contributed by atoms with Crippen LogP contribution >= 0.6 is 11.6 Å². The first-order valence-corrected chi connectivity index (χ1v) is 7.47. The molecule has 2 aromatic carbocycles. The lowest BCUT2D eigenvalue weighted by Crippen LogP contribution is -2.40. The van der Waals surface area contributed by atoms with Gasteiger partial charge in [-0.2, -0.15) is 0 Å². The van der Waals surface area contributed by atoms with E-state index in [1.165, 1.54) is 0 Å². The molecular weight excluding hydrogens is 314 g/mol. The second-order valence-corrected chi connectivity index (χ2v) is 5.78. The van der Waals surface area contributed by atoms with Gasteiger partial charge in [0.25, 0.3) is 5.91 Å². The first kappa shape index (κ1) is 15.4. The summed E-state index contributed by atoms with van der Waals surface area (Å²) < 4.78 is 5.16. The summed E-state index contributed by atoms with van der Waals surface area (Å²) in [6, 6.07) is 14.6. The quantitative estimate of drug-likeness (QED) is 0.903. The predicted molar refractivity (Wildman–Crippen MR) is 89.6 cm³/mol. The average molecular weight is 330 g/mol. The Kier molecular flexibility index (Phi) is 3.96. The topological polar surface area (TPSA) is 76.7 Å². The van der Waals surface area contributed by atoms with Crippen LogP contribution in [0, 0.1) is 0 Å². The van der Waals surface area contributed by atoms with Gasteiger partial charge < -0.3 is 10.5 Å². The molecule has 1 aliphatic heterocycles. The molecule has 0 radical (unpaired) electrons. The maximum atomic E-state index is 12.6. The summed E-state index contributed by atoms with van der Waals surface area (Å²) in [6.45, 7) is 0. The molecule has 23 heavy (non-hydrogen) atoms. The van der Waals surface area contributed by atoms with E-state index in [-0.39, 0.29) is 11.9 Å². The van der Waals surface area contributed by atoms with E-state index in [1.54, 1.807) is 31.4 Å². The van der Waals surface area contributed by atoms with Gasteiger partial charge in [0.1, 0.15) is 5.75 Å². The minimum Gasteiger partial charge on any atom is -0.497 e. The van der Waals surface area contributed by atoms with Crippen molar-refractivity contribution in [1.82, 2.24) is 5.32 Å². The lowest BCUT2D eigenvalue weighted by Gasteiger charge is -2.24. The van der Waals surface area contributed by atoms with Crippen LogP contribution in [0.15, 0.2) is 53.5 Å². The standard InChI is InChI=1S/C17H16ClN3O2/c1-23-14-8-2-11(3-9-14)10-17(15(22)20-16(19)21-17)12-4-6-13(18)7-5-12/h2-9H,10H2,1H3,(H3,19,20,21,22). The van der Waals surface area contributed by atoms with Gasteiger partial charge in [-0.15, -0.1) is 0 Å². The molecule has 3 rings (SSSR count). The van der Waals surface area contributed by atoms with Gasteiger partial charge in [-0.3, -0.25) is 10.1 Å². The van der Waals surface area contributed by atoms with Crippen molar-refractivity contribution in [3.63, 3.8) is 0 Å². The molecule has 0 fully saturated rings. The monoisotopic (exact) mass is 329 g/mol. The van der Waals surface area contributed by atoms with Gasteiger partial charge in [0.15, 0.2) is 11.5 Å². The van der Waals surface area contributed by atoms with Gasteiger partial charge in [0.2, 0.25) is 0 Å². The van der Waals surface area contributed by atoms with Crippen LogP contribution in [0.4, 0.5) is 0 Å². The second kappa shape index (κ2) is 5.93. The highest BCUT2D eigenvalue weighted by Crippen LogP contribution is 2.34. The van der Waals surface area contributed by atoms with Crippen molar-refractivity contribution in [3.8, 4) is 5.75 Å². The molecule has 0 aromatic heterocycles. The highest BCUT2D eigenvalue weighted by atomic mass is 35.5. The summed E-state index contributed by atoms with van der Waals surface area (Å²) in [6.07, 6.45) is 0.394. The molecule has 1 unspecified atom stereocenters. The Morgan fingerprint density at radius 3 is 2.35 bits per heavy atom. The third-order valence-electron chi connectivity index (χ3n) is 3.87. The SMILES string of the molecule is COc1ccc(CC2(c3ccc(Cl)cc3)N=C(N)NC2=O)cc1.